The van der Waals surface area contributed by atoms with Crippen LogP contribution in [0.15, 0.2) is 77.7 Å². The van der Waals surface area contributed by atoms with Gasteiger partial charge in [0.2, 0.25) is 10.0 Å². The lowest BCUT2D eigenvalue weighted by Gasteiger charge is -2.19. The molecular formula is C22H22N4O5S2. The van der Waals surface area contributed by atoms with Crippen molar-refractivity contribution in [1.29, 1.82) is 0 Å². The van der Waals surface area contributed by atoms with Crippen LogP contribution in [0.1, 0.15) is 17.3 Å². The second-order valence-corrected chi connectivity index (χ2v) is 9.83. The number of nitro benzene ring substituents is 1. The van der Waals surface area contributed by atoms with Crippen LogP contribution in [0.2, 0.25) is 0 Å². The Hall–Kier alpha value is -3.41. The molecule has 1 amide bonds. The van der Waals surface area contributed by atoms with Crippen molar-refractivity contribution in [1.82, 2.24) is 8.87 Å². The third-order valence-corrected chi connectivity index (χ3v) is 7.70. The lowest BCUT2D eigenvalue weighted by atomic mass is 10.2. The largest absolute Gasteiger partial charge is 0.316 e. The van der Waals surface area contributed by atoms with Gasteiger partial charge in [0.25, 0.3) is 11.6 Å². The Kier molecular flexibility index (Phi) is 7.36. The molecule has 0 spiro atoms. The molecule has 9 nitrogen and oxygen atoms in total. The number of nitrogens with zero attached hydrogens (tertiary/aromatic N) is 4. The number of hydrogen-bond acceptors (Lipinski definition) is 6. The van der Waals surface area contributed by atoms with E-state index in [2.05, 4.69) is 18.2 Å². The number of carbonyl (C=O) groups excluding carboxylic acids is 1. The van der Waals surface area contributed by atoms with Crippen molar-refractivity contribution >= 4 is 43.2 Å². The van der Waals surface area contributed by atoms with Gasteiger partial charge >= 0.3 is 0 Å². The molecule has 33 heavy (non-hydrogen) atoms. The molecule has 0 N–H and O–H groups in total. The van der Waals surface area contributed by atoms with Crippen LogP contribution in [0, 0.1) is 10.1 Å². The first-order valence-corrected chi connectivity index (χ1v) is 12.2. The van der Waals surface area contributed by atoms with Gasteiger partial charge in [0, 0.05) is 37.3 Å². The number of aromatic nitrogens is 1. The van der Waals surface area contributed by atoms with Crippen molar-refractivity contribution in [3.63, 3.8) is 0 Å². The van der Waals surface area contributed by atoms with E-state index in [4.69, 9.17) is 0 Å². The maximum atomic E-state index is 12.8. The van der Waals surface area contributed by atoms with E-state index in [0.717, 1.165) is 4.70 Å². The van der Waals surface area contributed by atoms with Crippen molar-refractivity contribution in [3.05, 3.63) is 88.3 Å². The molecule has 172 valence electrons. The fourth-order valence-corrected chi connectivity index (χ4v) is 5.64. The Bertz CT molecular complexity index is 1390. The second-order valence-electron chi connectivity index (χ2n) is 6.88. The van der Waals surface area contributed by atoms with Gasteiger partial charge in [0.15, 0.2) is 4.80 Å². The highest BCUT2D eigenvalue weighted by Crippen LogP contribution is 2.23. The predicted molar refractivity (Wildman–Crippen MR) is 128 cm³/mol. The van der Waals surface area contributed by atoms with Gasteiger partial charge in [-0.3, -0.25) is 14.9 Å². The van der Waals surface area contributed by atoms with Crippen LogP contribution < -0.4 is 4.80 Å². The van der Waals surface area contributed by atoms with E-state index in [1.54, 1.807) is 10.6 Å². The SMILES string of the molecule is C=CCN(CC=C)S(=O)(=O)c1ccc(C(=O)N=c2sc3ccc([N+](=O)[O-])cc3n2CC)cc1. The predicted octanol–water partition coefficient (Wildman–Crippen LogP) is 3.73. The fourth-order valence-electron chi connectivity index (χ4n) is 3.19. The molecule has 0 atom stereocenters. The minimum atomic E-state index is -3.77. The Labute approximate surface area is 194 Å². The summed E-state index contributed by atoms with van der Waals surface area (Å²) in [6, 6.07) is 10.0. The van der Waals surface area contributed by atoms with E-state index in [9.17, 15) is 23.3 Å². The summed E-state index contributed by atoms with van der Waals surface area (Å²) < 4.78 is 29.3. The molecule has 2 aromatic carbocycles. The van der Waals surface area contributed by atoms with Crippen molar-refractivity contribution in [2.45, 2.75) is 18.4 Å². The highest BCUT2D eigenvalue weighted by Gasteiger charge is 2.22. The third kappa shape index (κ3) is 5.00. The highest BCUT2D eigenvalue weighted by molar-refractivity contribution is 7.89. The fraction of sp³-hybridized carbons (Fsp3) is 0.182. The van der Waals surface area contributed by atoms with Crippen molar-refractivity contribution in [2.24, 2.45) is 4.99 Å². The Morgan fingerprint density at radius 1 is 1.18 bits per heavy atom. The van der Waals surface area contributed by atoms with Crippen molar-refractivity contribution in [3.8, 4) is 0 Å². The molecule has 0 aliphatic rings. The van der Waals surface area contributed by atoms with Crippen LogP contribution in [-0.2, 0) is 16.6 Å². The van der Waals surface area contributed by atoms with E-state index in [0.29, 0.717) is 16.9 Å². The first-order chi connectivity index (χ1) is 15.7. The van der Waals surface area contributed by atoms with Gasteiger partial charge < -0.3 is 4.57 Å². The zero-order valence-corrected chi connectivity index (χ0v) is 19.5. The van der Waals surface area contributed by atoms with Crippen molar-refractivity contribution < 1.29 is 18.1 Å². The molecule has 11 heteroatoms. The molecule has 0 fully saturated rings. The summed E-state index contributed by atoms with van der Waals surface area (Å²) in [6.45, 7) is 9.74. The number of non-ortho nitro benzene ring substituents is 1. The summed E-state index contributed by atoms with van der Waals surface area (Å²) in [5.74, 6) is -0.545. The topological polar surface area (TPSA) is 115 Å². The van der Waals surface area contributed by atoms with Crippen LogP contribution in [-0.4, -0.2) is 41.2 Å². The molecular weight excluding hydrogens is 464 g/mol. The third-order valence-electron chi connectivity index (χ3n) is 4.79. The van der Waals surface area contributed by atoms with E-state index in [1.807, 2.05) is 6.92 Å². The Morgan fingerprint density at radius 3 is 2.36 bits per heavy atom. The first kappa shape index (κ1) is 24.2. The molecule has 0 radical (unpaired) electrons. The van der Waals surface area contributed by atoms with Gasteiger partial charge in [-0.2, -0.15) is 9.30 Å². The molecule has 0 saturated heterocycles. The number of hydrogen-bond donors (Lipinski definition) is 0. The Balaban J connectivity index is 1.96. The summed E-state index contributed by atoms with van der Waals surface area (Å²) >= 11 is 1.25. The number of amides is 1. The zero-order chi connectivity index (χ0) is 24.2. The lowest BCUT2D eigenvalue weighted by molar-refractivity contribution is -0.384. The van der Waals surface area contributed by atoms with E-state index < -0.39 is 20.9 Å². The summed E-state index contributed by atoms with van der Waals surface area (Å²) in [5, 5.41) is 11.1. The van der Waals surface area contributed by atoms with Gasteiger partial charge in [-0.15, -0.1) is 13.2 Å². The minimum absolute atomic E-state index is 0.0422. The van der Waals surface area contributed by atoms with Crippen LogP contribution in [0.3, 0.4) is 0 Å². The number of benzene rings is 2. The van der Waals surface area contributed by atoms with Crippen molar-refractivity contribution in [2.75, 3.05) is 13.1 Å². The number of thiazole rings is 1. The quantitative estimate of drug-likeness (QED) is 0.260. The van der Waals surface area contributed by atoms with Gasteiger partial charge in [-0.05, 0) is 37.3 Å². The van der Waals surface area contributed by atoms with E-state index >= 15 is 0 Å². The zero-order valence-electron chi connectivity index (χ0n) is 17.9. The normalized spacial score (nSPS) is 12.2. The average Bonchev–Trinajstić information content (AvgIpc) is 3.14. The molecule has 0 unspecified atom stereocenters. The van der Waals surface area contributed by atoms with Crippen LogP contribution >= 0.6 is 11.3 Å². The van der Waals surface area contributed by atoms with Crippen LogP contribution in [0.4, 0.5) is 5.69 Å². The Morgan fingerprint density at radius 2 is 1.82 bits per heavy atom. The van der Waals surface area contributed by atoms with E-state index in [-0.39, 0.29) is 29.2 Å². The average molecular weight is 487 g/mol. The maximum Gasteiger partial charge on any atom is 0.279 e. The number of sulfonamides is 1. The van der Waals surface area contributed by atoms with Gasteiger partial charge in [-0.1, -0.05) is 23.5 Å². The number of rotatable bonds is 9. The molecule has 3 aromatic rings. The molecule has 1 aromatic heterocycles. The summed E-state index contributed by atoms with van der Waals surface area (Å²) in [7, 11) is -3.77. The summed E-state index contributed by atoms with van der Waals surface area (Å²) in [6.07, 6.45) is 2.97. The standard InChI is InChI=1S/C22H22N4O5S2/c1-4-13-24(14-5-2)33(30,31)18-10-7-16(8-11-18)21(27)23-22-25(6-3)19-15-17(26(28)29)9-12-20(19)32-22/h4-5,7-12,15H,1-2,6,13-14H2,3H3. The van der Waals surface area contributed by atoms with Gasteiger partial charge in [0.1, 0.15) is 0 Å². The molecule has 0 bridgehead atoms. The van der Waals surface area contributed by atoms with Crippen LogP contribution in [0.5, 0.6) is 0 Å². The summed E-state index contributed by atoms with van der Waals surface area (Å²) in [5.41, 5.74) is 0.798. The molecule has 1 heterocycles. The number of nitro groups is 1. The number of aryl methyl sites for hydroxylation is 1. The maximum absolute atomic E-state index is 12.8. The number of fused-ring (bicyclic) bond motifs is 1. The monoisotopic (exact) mass is 486 g/mol. The minimum Gasteiger partial charge on any atom is -0.316 e. The van der Waals surface area contributed by atoms with Gasteiger partial charge in [0.05, 0.1) is 20.0 Å². The summed E-state index contributed by atoms with van der Waals surface area (Å²) in [4.78, 5) is 28.0. The first-order valence-electron chi connectivity index (χ1n) is 9.91. The number of carbonyl (C=O) groups is 1. The second kappa shape index (κ2) is 10.0. The molecule has 0 saturated carbocycles. The molecule has 3 rings (SSSR count). The van der Waals surface area contributed by atoms with Crippen LogP contribution in [0.25, 0.3) is 10.2 Å². The van der Waals surface area contributed by atoms with E-state index in [1.165, 1.54) is 64.2 Å². The molecule has 0 aliphatic carbocycles. The molecule has 0 aliphatic heterocycles. The lowest BCUT2D eigenvalue weighted by Crippen LogP contribution is -2.31. The highest BCUT2D eigenvalue weighted by atomic mass is 32.2. The van der Waals surface area contributed by atoms with Gasteiger partial charge in [-0.25, -0.2) is 8.42 Å². The smallest absolute Gasteiger partial charge is 0.279 e.